The lowest BCUT2D eigenvalue weighted by atomic mass is 10.1. The van der Waals surface area contributed by atoms with E-state index in [1.165, 1.54) is 11.9 Å². The maximum absolute atomic E-state index is 12.7. The summed E-state index contributed by atoms with van der Waals surface area (Å²) < 4.78 is 1.92. The minimum Gasteiger partial charge on any atom is -0.348 e. The van der Waals surface area contributed by atoms with Crippen LogP contribution in [0.4, 0.5) is 22.4 Å². The van der Waals surface area contributed by atoms with E-state index < -0.39 is 0 Å². The second kappa shape index (κ2) is 7.75. The predicted molar refractivity (Wildman–Crippen MR) is 121 cm³/mol. The van der Waals surface area contributed by atoms with Crippen LogP contribution in [-0.4, -0.2) is 61.2 Å². The van der Waals surface area contributed by atoms with Crippen LogP contribution in [0.15, 0.2) is 18.5 Å². The molecule has 1 saturated heterocycles. The maximum atomic E-state index is 12.7. The fraction of sp³-hybridized carbons (Fsp3) is 0.409. The normalized spacial score (nSPS) is 18.1. The van der Waals surface area contributed by atoms with Crippen LogP contribution in [0.3, 0.4) is 0 Å². The Labute approximate surface area is 194 Å². The van der Waals surface area contributed by atoms with Crippen molar-refractivity contribution in [2.24, 2.45) is 0 Å². The molecule has 0 unspecified atom stereocenters. The van der Waals surface area contributed by atoms with E-state index >= 15 is 0 Å². The maximum Gasteiger partial charge on any atom is 0.331 e. The highest BCUT2D eigenvalue weighted by Gasteiger charge is 2.36. The zero-order valence-electron chi connectivity index (χ0n) is 18.6. The summed E-state index contributed by atoms with van der Waals surface area (Å²) in [4.78, 5) is 56.0. The molecule has 0 radical (unpaired) electrons. The molecule has 12 nitrogen and oxygen atoms in total. The molecular weight excluding hydrogens is 438 g/mol. The topological polar surface area (TPSA) is 138 Å². The standard InChI is InChI=1S/C22H23N9O3/c1-29-17(33)10-31(22(29)34)16-6-14(12-2-3-12)8-30-9-15(25-19(16)30)7-23-20-26-18(13-4-5-13)27-21(28-20)24-11-32/h6,8-9,11-13H,2-5,7,10H2,1H3,(H2,23,24,26,27,28,32). The van der Waals surface area contributed by atoms with Crippen LogP contribution in [-0.2, 0) is 16.1 Å². The van der Waals surface area contributed by atoms with E-state index in [4.69, 9.17) is 4.98 Å². The van der Waals surface area contributed by atoms with Crippen LogP contribution in [0, 0.1) is 0 Å². The molecular formula is C22H23N9O3. The number of carbonyl (C=O) groups excluding carboxylic acids is 3. The average molecular weight is 461 g/mol. The first-order valence-electron chi connectivity index (χ1n) is 11.3. The summed E-state index contributed by atoms with van der Waals surface area (Å²) in [5.74, 6) is 1.76. The number of rotatable bonds is 8. The second-order valence-electron chi connectivity index (χ2n) is 8.95. The Morgan fingerprint density at radius 2 is 1.79 bits per heavy atom. The summed E-state index contributed by atoms with van der Waals surface area (Å²) in [6.45, 7) is 0.335. The van der Waals surface area contributed by atoms with Gasteiger partial charge in [0, 0.05) is 25.4 Å². The highest BCUT2D eigenvalue weighted by atomic mass is 16.2. The van der Waals surface area contributed by atoms with Crippen molar-refractivity contribution in [2.75, 3.05) is 29.1 Å². The number of carbonyl (C=O) groups is 3. The van der Waals surface area contributed by atoms with Gasteiger partial charge in [0.2, 0.25) is 24.2 Å². The van der Waals surface area contributed by atoms with Gasteiger partial charge in [-0.3, -0.25) is 24.7 Å². The zero-order valence-corrected chi connectivity index (χ0v) is 18.6. The smallest absolute Gasteiger partial charge is 0.331 e. The lowest BCUT2D eigenvalue weighted by Crippen LogP contribution is -2.30. The minimum absolute atomic E-state index is 0.000858. The van der Waals surface area contributed by atoms with Crippen LogP contribution in [0.2, 0.25) is 0 Å². The van der Waals surface area contributed by atoms with E-state index in [9.17, 15) is 14.4 Å². The highest BCUT2D eigenvalue weighted by molar-refractivity contribution is 6.13. The summed E-state index contributed by atoms with van der Waals surface area (Å²) in [7, 11) is 1.49. The quantitative estimate of drug-likeness (QED) is 0.383. The Morgan fingerprint density at radius 1 is 1.03 bits per heavy atom. The van der Waals surface area contributed by atoms with Crippen molar-refractivity contribution >= 4 is 41.6 Å². The monoisotopic (exact) mass is 461 g/mol. The Bertz CT molecular complexity index is 1330. The minimum atomic E-state index is -0.351. The van der Waals surface area contributed by atoms with E-state index in [0.717, 1.165) is 41.8 Å². The van der Waals surface area contributed by atoms with Crippen molar-refractivity contribution < 1.29 is 14.4 Å². The Kier molecular flexibility index (Phi) is 4.67. The summed E-state index contributed by atoms with van der Waals surface area (Å²) in [5, 5.41) is 5.66. The zero-order chi connectivity index (χ0) is 23.4. The van der Waals surface area contributed by atoms with Crippen LogP contribution in [0.5, 0.6) is 0 Å². The van der Waals surface area contributed by atoms with Crippen molar-refractivity contribution in [2.45, 2.75) is 44.1 Å². The van der Waals surface area contributed by atoms with Gasteiger partial charge < -0.3 is 9.72 Å². The van der Waals surface area contributed by atoms with Gasteiger partial charge >= 0.3 is 6.03 Å². The summed E-state index contributed by atoms with van der Waals surface area (Å²) >= 11 is 0. The molecule has 12 heteroatoms. The van der Waals surface area contributed by atoms with Crippen molar-refractivity contribution in [3.8, 4) is 0 Å². The number of nitrogens with one attached hydrogen (secondary N) is 2. The third kappa shape index (κ3) is 3.70. The molecule has 34 heavy (non-hydrogen) atoms. The van der Waals surface area contributed by atoms with E-state index in [1.807, 2.05) is 22.9 Å². The van der Waals surface area contributed by atoms with Crippen LogP contribution < -0.4 is 15.5 Å². The first-order valence-corrected chi connectivity index (χ1v) is 11.3. The number of likely N-dealkylation sites (N-methyl/N-ethyl adjacent to an activating group) is 1. The Hall–Kier alpha value is -4.09. The summed E-state index contributed by atoms with van der Waals surface area (Å²) in [6, 6.07) is 1.63. The van der Waals surface area contributed by atoms with Gasteiger partial charge in [0.25, 0.3) is 0 Å². The van der Waals surface area contributed by atoms with Gasteiger partial charge in [-0.2, -0.15) is 15.0 Å². The van der Waals surface area contributed by atoms with Gasteiger partial charge in [-0.1, -0.05) is 0 Å². The number of pyridine rings is 1. The fourth-order valence-corrected chi connectivity index (χ4v) is 4.14. The average Bonchev–Trinajstić information content (AvgIpc) is 3.75. The van der Waals surface area contributed by atoms with Crippen molar-refractivity contribution in [3.63, 3.8) is 0 Å². The van der Waals surface area contributed by atoms with Crippen molar-refractivity contribution in [1.82, 2.24) is 29.2 Å². The molecule has 1 aliphatic heterocycles. The van der Waals surface area contributed by atoms with Crippen LogP contribution >= 0.6 is 0 Å². The first kappa shape index (κ1) is 20.5. The largest absolute Gasteiger partial charge is 0.348 e. The summed E-state index contributed by atoms with van der Waals surface area (Å²) in [6.07, 6.45) is 8.75. The summed E-state index contributed by atoms with van der Waals surface area (Å²) in [5.41, 5.74) is 3.09. The molecule has 174 valence electrons. The Morgan fingerprint density at radius 3 is 2.47 bits per heavy atom. The molecule has 0 bridgehead atoms. The number of aromatic nitrogens is 5. The molecule has 0 aromatic carbocycles. The molecule has 2 saturated carbocycles. The molecule has 3 aromatic rings. The fourth-order valence-electron chi connectivity index (χ4n) is 4.14. The second-order valence-corrected chi connectivity index (χ2v) is 8.95. The molecule has 0 atom stereocenters. The number of urea groups is 1. The van der Waals surface area contributed by atoms with Gasteiger partial charge in [-0.05, 0) is 43.2 Å². The molecule has 6 rings (SSSR count). The number of hydrogen-bond donors (Lipinski definition) is 2. The molecule has 2 aliphatic carbocycles. The molecule has 4 heterocycles. The molecule has 0 spiro atoms. The number of anilines is 3. The first-order chi connectivity index (χ1) is 16.5. The Balaban J connectivity index is 1.31. The van der Waals surface area contributed by atoms with E-state index in [-0.39, 0.29) is 24.4 Å². The van der Waals surface area contributed by atoms with Gasteiger partial charge in [0.15, 0.2) is 5.65 Å². The lowest BCUT2D eigenvalue weighted by Gasteiger charge is -2.17. The number of hydrogen-bond acceptors (Lipinski definition) is 8. The van der Waals surface area contributed by atoms with Crippen LogP contribution in [0.1, 0.15) is 54.6 Å². The highest BCUT2D eigenvalue weighted by Crippen LogP contribution is 2.42. The molecule has 4 amide bonds. The lowest BCUT2D eigenvalue weighted by molar-refractivity contribution is -0.123. The number of amides is 4. The van der Waals surface area contributed by atoms with E-state index in [2.05, 4.69) is 25.6 Å². The van der Waals surface area contributed by atoms with Crippen molar-refractivity contribution in [3.05, 3.63) is 35.5 Å². The molecule has 2 N–H and O–H groups in total. The van der Waals surface area contributed by atoms with Crippen molar-refractivity contribution in [1.29, 1.82) is 0 Å². The number of imidazole rings is 1. The third-order valence-corrected chi connectivity index (χ3v) is 6.34. The van der Waals surface area contributed by atoms with Gasteiger partial charge in [-0.15, -0.1) is 0 Å². The third-order valence-electron chi connectivity index (χ3n) is 6.34. The van der Waals surface area contributed by atoms with Crippen LogP contribution in [0.25, 0.3) is 5.65 Å². The number of fused-ring (bicyclic) bond motifs is 1. The van der Waals surface area contributed by atoms with Gasteiger partial charge in [-0.25, -0.2) is 9.78 Å². The number of nitrogens with zero attached hydrogens (tertiary/aromatic N) is 7. The van der Waals surface area contributed by atoms with E-state index in [1.54, 1.807) is 0 Å². The SMILES string of the molecule is CN1C(=O)CN(c2cc(C3CC3)cn3cc(CNc4nc(NC=O)nc(C5CC5)n4)nc23)C1=O. The van der Waals surface area contributed by atoms with Gasteiger partial charge in [0.05, 0.1) is 17.9 Å². The predicted octanol–water partition coefficient (Wildman–Crippen LogP) is 1.85. The molecule has 3 aliphatic rings. The molecule has 3 fully saturated rings. The van der Waals surface area contributed by atoms with Gasteiger partial charge in [0.1, 0.15) is 12.4 Å². The van der Waals surface area contributed by atoms with E-state index in [0.29, 0.717) is 47.9 Å². The molecule has 3 aromatic heterocycles. The number of imide groups is 1.